The number of hydrogen-bond donors (Lipinski definition) is 2. The summed E-state index contributed by atoms with van der Waals surface area (Å²) in [5.41, 5.74) is 4.18. The average Bonchev–Trinajstić information content (AvgIpc) is 2.30. The fraction of sp³-hybridized carbons (Fsp3) is 0.538. The molecule has 3 N–H and O–H groups in total. The van der Waals surface area contributed by atoms with Gasteiger partial charge in [-0.25, -0.2) is 0 Å². The van der Waals surface area contributed by atoms with Gasteiger partial charge in [0.15, 0.2) is 0 Å². The van der Waals surface area contributed by atoms with Crippen LogP contribution in [0.4, 0.5) is 0 Å². The molecule has 0 bridgehead atoms. The molecule has 0 spiro atoms. The maximum Gasteiger partial charge on any atom is 0.0460 e. The number of benzene rings is 1. The summed E-state index contributed by atoms with van der Waals surface area (Å²) in [6.45, 7) is 2.23. The molecule has 0 heterocycles. The summed E-state index contributed by atoms with van der Waals surface area (Å²) in [7, 11) is 0. The van der Waals surface area contributed by atoms with Gasteiger partial charge in [0.2, 0.25) is 0 Å². The topological polar surface area (TPSA) is 38.0 Å². The Labute approximate surface area is 92.8 Å². The van der Waals surface area contributed by atoms with E-state index in [1.807, 2.05) is 6.07 Å². The van der Waals surface area contributed by atoms with E-state index in [-0.39, 0.29) is 0 Å². The van der Waals surface area contributed by atoms with E-state index in [2.05, 4.69) is 36.6 Å². The zero-order valence-electron chi connectivity index (χ0n) is 9.58. The zero-order chi connectivity index (χ0) is 10.9. The predicted molar refractivity (Wildman–Crippen MR) is 65.3 cm³/mol. The van der Waals surface area contributed by atoms with E-state index in [4.69, 9.17) is 5.84 Å². The van der Waals surface area contributed by atoms with Crippen LogP contribution in [0, 0.1) is 0 Å². The minimum atomic E-state index is 0.308. The van der Waals surface area contributed by atoms with Gasteiger partial charge in [-0.15, -0.1) is 0 Å². The Bertz CT molecular complexity index is 246. The molecule has 1 atom stereocenters. The SMILES string of the molecule is CCCCCCC(NN)c1ccccc1. The highest BCUT2D eigenvalue weighted by molar-refractivity contribution is 5.18. The summed E-state index contributed by atoms with van der Waals surface area (Å²) in [5, 5.41) is 0. The fourth-order valence-corrected chi connectivity index (χ4v) is 1.81. The first-order chi connectivity index (χ1) is 7.38. The molecule has 2 nitrogen and oxygen atoms in total. The molecule has 0 aromatic heterocycles. The van der Waals surface area contributed by atoms with Crippen LogP contribution >= 0.6 is 0 Å². The lowest BCUT2D eigenvalue weighted by Gasteiger charge is -2.15. The minimum absolute atomic E-state index is 0.308. The van der Waals surface area contributed by atoms with Crippen LogP contribution in [-0.4, -0.2) is 0 Å². The third-order valence-electron chi connectivity index (χ3n) is 2.75. The number of hydrazine groups is 1. The molecule has 1 rings (SSSR count). The van der Waals surface area contributed by atoms with Crippen molar-refractivity contribution in [2.75, 3.05) is 0 Å². The first-order valence-corrected chi connectivity index (χ1v) is 5.89. The van der Waals surface area contributed by atoms with Crippen molar-refractivity contribution in [3.63, 3.8) is 0 Å². The fourth-order valence-electron chi connectivity index (χ4n) is 1.81. The van der Waals surface area contributed by atoms with Gasteiger partial charge in [-0.05, 0) is 12.0 Å². The summed E-state index contributed by atoms with van der Waals surface area (Å²) in [4.78, 5) is 0. The predicted octanol–water partition coefficient (Wildman–Crippen LogP) is 3.16. The van der Waals surface area contributed by atoms with E-state index in [1.54, 1.807) is 0 Å². The van der Waals surface area contributed by atoms with Gasteiger partial charge in [-0.1, -0.05) is 62.9 Å². The van der Waals surface area contributed by atoms with Crippen molar-refractivity contribution in [1.29, 1.82) is 0 Å². The largest absolute Gasteiger partial charge is 0.271 e. The number of nitrogens with two attached hydrogens (primary N) is 1. The molecule has 1 aromatic carbocycles. The minimum Gasteiger partial charge on any atom is -0.271 e. The van der Waals surface area contributed by atoms with Gasteiger partial charge in [0.25, 0.3) is 0 Å². The summed E-state index contributed by atoms with van der Waals surface area (Å²) in [6.07, 6.45) is 6.29. The van der Waals surface area contributed by atoms with Crippen LogP contribution in [0.3, 0.4) is 0 Å². The van der Waals surface area contributed by atoms with Crippen LogP contribution in [0.2, 0.25) is 0 Å². The van der Waals surface area contributed by atoms with Crippen molar-refractivity contribution in [3.8, 4) is 0 Å². The van der Waals surface area contributed by atoms with Crippen molar-refractivity contribution in [3.05, 3.63) is 35.9 Å². The van der Waals surface area contributed by atoms with E-state index in [9.17, 15) is 0 Å². The van der Waals surface area contributed by atoms with Crippen molar-refractivity contribution < 1.29 is 0 Å². The highest BCUT2D eigenvalue weighted by Crippen LogP contribution is 2.18. The first kappa shape index (κ1) is 12.2. The monoisotopic (exact) mass is 206 g/mol. The lowest BCUT2D eigenvalue weighted by Crippen LogP contribution is -2.27. The third-order valence-corrected chi connectivity index (χ3v) is 2.75. The number of rotatable bonds is 7. The molecule has 0 saturated carbocycles. The molecule has 15 heavy (non-hydrogen) atoms. The quantitative estimate of drug-likeness (QED) is 0.408. The second kappa shape index (κ2) is 7.43. The van der Waals surface area contributed by atoms with Crippen molar-refractivity contribution in [1.82, 2.24) is 5.43 Å². The highest BCUT2D eigenvalue weighted by Gasteiger charge is 2.07. The van der Waals surface area contributed by atoms with Crippen molar-refractivity contribution in [2.24, 2.45) is 5.84 Å². The van der Waals surface area contributed by atoms with Crippen LogP contribution in [0.15, 0.2) is 30.3 Å². The van der Waals surface area contributed by atoms with E-state index in [0.29, 0.717) is 6.04 Å². The molecule has 0 saturated heterocycles. The molecule has 0 aliphatic rings. The number of unbranched alkanes of at least 4 members (excludes halogenated alkanes) is 3. The molecule has 1 unspecified atom stereocenters. The summed E-state index contributed by atoms with van der Waals surface area (Å²) >= 11 is 0. The van der Waals surface area contributed by atoms with Crippen LogP contribution < -0.4 is 11.3 Å². The van der Waals surface area contributed by atoms with E-state index in [1.165, 1.54) is 31.2 Å². The number of nitrogens with one attached hydrogen (secondary N) is 1. The highest BCUT2D eigenvalue weighted by atomic mass is 15.2. The van der Waals surface area contributed by atoms with Gasteiger partial charge in [0, 0.05) is 6.04 Å². The second-order valence-corrected chi connectivity index (χ2v) is 3.98. The van der Waals surface area contributed by atoms with Crippen molar-refractivity contribution >= 4 is 0 Å². The van der Waals surface area contributed by atoms with E-state index in [0.717, 1.165) is 6.42 Å². The molecule has 0 aliphatic carbocycles. The van der Waals surface area contributed by atoms with Gasteiger partial charge < -0.3 is 0 Å². The molecular weight excluding hydrogens is 184 g/mol. The Morgan fingerprint density at radius 1 is 1.13 bits per heavy atom. The van der Waals surface area contributed by atoms with Crippen LogP contribution in [0.5, 0.6) is 0 Å². The summed E-state index contributed by atoms with van der Waals surface area (Å²) in [6, 6.07) is 10.7. The van der Waals surface area contributed by atoms with Crippen LogP contribution in [0.25, 0.3) is 0 Å². The Kier molecular flexibility index (Phi) is 6.05. The average molecular weight is 206 g/mol. The number of hydrogen-bond acceptors (Lipinski definition) is 2. The maximum atomic E-state index is 5.57. The smallest absolute Gasteiger partial charge is 0.0460 e. The molecule has 84 valence electrons. The third kappa shape index (κ3) is 4.45. The van der Waals surface area contributed by atoms with Gasteiger partial charge in [0.1, 0.15) is 0 Å². The second-order valence-electron chi connectivity index (χ2n) is 3.98. The van der Waals surface area contributed by atoms with Gasteiger partial charge >= 0.3 is 0 Å². The Morgan fingerprint density at radius 2 is 1.87 bits per heavy atom. The van der Waals surface area contributed by atoms with Gasteiger partial charge in [-0.3, -0.25) is 11.3 Å². The lowest BCUT2D eigenvalue weighted by atomic mass is 10.0. The zero-order valence-corrected chi connectivity index (χ0v) is 9.58. The molecule has 1 aromatic rings. The maximum absolute atomic E-state index is 5.57. The van der Waals surface area contributed by atoms with Gasteiger partial charge in [0.05, 0.1) is 0 Å². The van der Waals surface area contributed by atoms with Crippen molar-refractivity contribution in [2.45, 2.75) is 45.1 Å². The summed E-state index contributed by atoms with van der Waals surface area (Å²) < 4.78 is 0. The Hall–Kier alpha value is -0.860. The lowest BCUT2D eigenvalue weighted by molar-refractivity contribution is 0.482. The Balaban J connectivity index is 2.36. The standard InChI is InChI=1S/C13H22N2/c1-2-3-4-8-11-13(15-14)12-9-6-5-7-10-12/h5-7,9-10,13,15H,2-4,8,11,14H2,1H3. The summed E-state index contributed by atoms with van der Waals surface area (Å²) in [5.74, 6) is 5.57. The molecule has 0 amide bonds. The van der Waals surface area contributed by atoms with Crippen LogP contribution in [0.1, 0.15) is 50.6 Å². The molecular formula is C13H22N2. The molecule has 0 radical (unpaired) electrons. The normalized spacial score (nSPS) is 12.7. The van der Waals surface area contributed by atoms with E-state index >= 15 is 0 Å². The first-order valence-electron chi connectivity index (χ1n) is 5.89. The Morgan fingerprint density at radius 3 is 2.47 bits per heavy atom. The molecule has 0 aliphatic heterocycles. The van der Waals surface area contributed by atoms with Crippen LogP contribution in [-0.2, 0) is 0 Å². The van der Waals surface area contributed by atoms with E-state index < -0.39 is 0 Å². The van der Waals surface area contributed by atoms with Gasteiger partial charge in [-0.2, -0.15) is 0 Å². The molecule has 2 heteroatoms. The molecule has 0 fully saturated rings.